The quantitative estimate of drug-likeness (QED) is 0.739. The van der Waals surface area contributed by atoms with E-state index in [0.717, 1.165) is 5.56 Å². The van der Waals surface area contributed by atoms with Crippen molar-refractivity contribution in [2.75, 3.05) is 17.7 Å². The summed E-state index contributed by atoms with van der Waals surface area (Å²) in [6.45, 7) is 1.84. The van der Waals surface area contributed by atoms with Gasteiger partial charge >= 0.3 is 0 Å². The molecule has 142 valence electrons. The number of anilines is 3. The van der Waals surface area contributed by atoms with Crippen molar-refractivity contribution < 1.29 is 18.4 Å². The number of alkyl halides is 2. The van der Waals surface area contributed by atoms with E-state index in [0.29, 0.717) is 5.82 Å². The van der Waals surface area contributed by atoms with Gasteiger partial charge in [0.05, 0.1) is 5.69 Å². The zero-order chi connectivity index (χ0) is 19.6. The van der Waals surface area contributed by atoms with Crippen molar-refractivity contribution in [1.29, 1.82) is 0 Å². The zero-order valence-corrected chi connectivity index (χ0v) is 14.7. The average molecular weight is 376 g/mol. The predicted octanol–water partition coefficient (Wildman–Crippen LogP) is 2.27. The molecule has 2 aromatic heterocycles. The van der Waals surface area contributed by atoms with Crippen LogP contribution in [0.1, 0.15) is 28.9 Å². The maximum absolute atomic E-state index is 12.9. The first-order valence-electron chi connectivity index (χ1n) is 8.26. The van der Waals surface area contributed by atoms with Gasteiger partial charge in [-0.3, -0.25) is 9.59 Å². The lowest BCUT2D eigenvalue weighted by Gasteiger charge is -2.33. The summed E-state index contributed by atoms with van der Waals surface area (Å²) in [5.41, 5.74) is 1.12. The predicted molar refractivity (Wildman–Crippen MR) is 94.0 cm³/mol. The number of aryl methyl sites for hydroxylation is 1. The molecule has 2 amide bonds. The zero-order valence-electron chi connectivity index (χ0n) is 14.7. The van der Waals surface area contributed by atoms with E-state index < -0.39 is 36.5 Å². The highest BCUT2D eigenvalue weighted by Crippen LogP contribution is 2.42. The standard InChI is InChI=1S/C17H18F2N6O2/c1-9-4-3-5-21-14(9)22-11-6-12(24-25-13(11)16(27)20-2)23-15(26)10-7-17(18,19)8-10/h3-6,10H,7-8H2,1-2H3,(H,20,27)(H2,21,22,23,24,26). The minimum absolute atomic E-state index is 0.00993. The normalized spacial score (nSPS) is 15.6. The first-order chi connectivity index (χ1) is 12.8. The highest BCUT2D eigenvalue weighted by molar-refractivity contribution is 5.99. The van der Waals surface area contributed by atoms with E-state index in [2.05, 4.69) is 31.1 Å². The Bertz CT molecular complexity index is 881. The van der Waals surface area contributed by atoms with Gasteiger partial charge in [-0.25, -0.2) is 13.8 Å². The van der Waals surface area contributed by atoms with Gasteiger partial charge in [-0.05, 0) is 18.6 Å². The molecule has 27 heavy (non-hydrogen) atoms. The van der Waals surface area contributed by atoms with Crippen LogP contribution in [0.15, 0.2) is 24.4 Å². The van der Waals surface area contributed by atoms with Crippen LogP contribution in [0, 0.1) is 12.8 Å². The minimum Gasteiger partial charge on any atom is -0.354 e. The summed E-state index contributed by atoms with van der Waals surface area (Å²) < 4.78 is 25.9. The Kier molecular flexibility index (Phi) is 4.98. The smallest absolute Gasteiger partial charge is 0.273 e. The molecule has 0 radical (unpaired) electrons. The minimum atomic E-state index is -2.79. The van der Waals surface area contributed by atoms with E-state index in [-0.39, 0.29) is 17.2 Å². The van der Waals surface area contributed by atoms with E-state index in [4.69, 9.17) is 0 Å². The highest BCUT2D eigenvalue weighted by atomic mass is 19.3. The second kappa shape index (κ2) is 7.22. The number of carbonyl (C=O) groups is 2. The number of hydrogen-bond acceptors (Lipinski definition) is 6. The second-order valence-corrected chi connectivity index (χ2v) is 6.32. The van der Waals surface area contributed by atoms with E-state index in [1.807, 2.05) is 13.0 Å². The molecular formula is C17H18F2N6O2. The molecule has 1 fully saturated rings. The third-order valence-corrected chi connectivity index (χ3v) is 4.21. The van der Waals surface area contributed by atoms with Crippen LogP contribution in [-0.2, 0) is 4.79 Å². The Hall–Kier alpha value is -3.17. The fourth-order valence-electron chi connectivity index (χ4n) is 2.65. The molecule has 0 spiro atoms. The molecule has 0 aliphatic heterocycles. The number of hydrogen-bond donors (Lipinski definition) is 3. The monoisotopic (exact) mass is 376 g/mol. The molecule has 0 aromatic carbocycles. The van der Waals surface area contributed by atoms with E-state index >= 15 is 0 Å². The largest absolute Gasteiger partial charge is 0.354 e. The fourth-order valence-corrected chi connectivity index (χ4v) is 2.65. The number of rotatable bonds is 5. The number of pyridine rings is 1. The second-order valence-electron chi connectivity index (χ2n) is 6.32. The molecule has 3 N–H and O–H groups in total. The first kappa shape index (κ1) is 18.6. The van der Waals surface area contributed by atoms with Gasteiger partial charge in [-0.1, -0.05) is 6.07 Å². The topological polar surface area (TPSA) is 109 Å². The van der Waals surface area contributed by atoms with Gasteiger partial charge in [0.25, 0.3) is 5.91 Å². The lowest BCUT2D eigenvalue weighted by atomic mass is 9.81. The third-order valence-electron chi connectivity index (χ3n) is 4.21. The van der Waals surface area contributed by atoms with Crippen molar-refractivity contribution in [1.82, 2.24) is 20.5 Å². The number of amides is 2. The molecule has 1 saturated carbocycles. The van der Waals surface area contributed by atoms with Crippen molar-refractivity contribution in [3.8, 4) is 0 Å². The fraction of sp³-hybridized carbons (Fsp3) is 0.353. The number of nitrogens with zero attached hydrogens (tertiary/aromatic N) is 3. The van der Waals surface area contributed by atoms with E-state index in [1.165, 1.54) is 13.1 Å². The Morgan fingerprint density at radius 2 is 2.00 bits per heavy atom. The Balaban J connectivity index is 1.83. The van der Waals surface area contributed by atoms with Crippen LogP contribution >= 0.6 is 0 Å². The van der Waals surface area contributed by atoms with E-state index in [1.54, 1.807) is 12.3 Å². The molecule has 1 aliphatic rings. The Morgan fingerprint density at radius 3 is 2.63 bits per heavy atom. The summed E-state index contributed by atoms with van der Waals surface area (Å²) >= 11 is 0. The number of carbonyl (C=O) groups excluding carboxylic acids is 2. The molecule has 0 bridgehead atoms. The van der Waals surface area contributed by atoms with Crippen LogP contribution in [0.3, 0.4) is 0 Å². The summed E-state index contributed by atoms with van der Waals surface area (Å²) in [7, 11) is 1.45. The maximum atomic E-state index is 12.9. The van der Waals surface area contributed by atoms with Crippen LogP contribution in [0.2, 0.25) is 0 Å². The van der Waals surface area contributed by atoms with Gasteiger partial charge in [-0.15, -0.1) is 10.2 Å². The van der Waals surface area contributed by atoms with Crippen LogP contribution < -0.4 is 16.0 Å². The third kappa shape index (κ3) is 4.15. The van der Waals surface area contributed by atoms with Crippen LogP contribution in [0.25, 0.3) is 0 Å². The molecule has 8 nitrogen and oxygen atoms in total. The van der Waals surface area contributed by atoms with Gasteiger partial charge < -0.3 is 16.0 Å². The van der Waals surface area contributed by atoms with Crippen molar-refractivity contribution in [2.45, 2.75) is 25.7 Å². The summed E-state index contributed by atoms with van der Waals surface area (Å²) in [6.07, 6.45) is 0.616. The molecule has 0 saturated heterocycles. The van der Waals surface area contributed by atoms with Crippen molar-refractivity contribution >= 4 is 29.1 Å². The number of nitrogens with one attached hydrogen (secondary N) is 3. The Morgan fingerprint density at radius 1 is 1.26 bits per heavy atom. The average Bonchev–Trinajstić information content (AvgIpc) is 2.61. The molecule has 10 heteroatoms. The molecule has 1 aliphatic carbocycles. The van der Waals surface area contributed by atoms with Crippen LogP contribution in [0.5, 0.6) is 0 Å². The van der Waals surface area contributed by atoms with Crippen LogP contribution in [-0.4, -0.2) is 40.0 Å². The number of halogens is 2. The summed E-state index contributed by atoms with van der Waals surface area (Å²) in [5.74, 6) is -4.03. The van der Waals surface area contributed by atoms with E-state index in [9.17, 15) is 18.4 Å². The van der Waals surface area contributed by atoms with Crippen molar-refractivity contribution in [3.05, 3.63) is 35.7 Å². The maximum Gasteiger partial charge on any atom is 0.273 e. The highest BCUT2D eigenvalue weighted by Gasteiger charge is 2.48. The lowest BCUT2D eigenvalue weighted by molar-refractivity contribution is -0.145. The molecule has 0 unspecified atom stereocenters. The number of aromatic nitrogens is 3. The van der Waals surface area contributed by atoms with Crippen LogP contribution in [0.4, 0.5) is 26.1 Å². The molecule has 2 aromatic rings. The van der Waals surface area contributed by atoms with Gasteiger partial charge in [0.15, 0.2) is 11.5 Å². The van der Waals surface area contributed by atoms with Gasteiger partial charge in [0.1, 0.15) is 5.82 Å². The van der Waals surface area contributed by atoms with Gasteiger partial charge in [0, 0.05) is 38.1 Å². The summed E-state index contributed by atoms with van der Waals surface area (Å²) in [5, 5.41) is 15.6. The lowest BCUT2D eigenvalue weighted by Crippen LogP contribution is -2.42. The summed E-state index contributed by atoms with van der Waals surface area (Å²) in [6, 6.07) is 5.02. The summed E-state index contributed by atoms with van der Waals surface area (Å²) in [4.78, 5) is 28.3. The van der Waals surface area contributed by atoms with Gasteiger partial charge in [0.2, 0.25) is 11.8 Å². The van der Waals surface area contributed by atoms with Crippen molar-refractivity contribution in [3.63, 3.8) is 0 Å². The molecule has 0 atom stereocenters. The molecule has 2 heterocycles. The van der Waals surface area contributed by atoms with Gasteiger partial charge in [-0.2, -0.15) is 0 Å². The molecule has 3 rings (SSSR count). The van der Waals surface area contributed by atoms with Crippen molar-refractivity contribution in [2.24, 2.45) is 5.92 Å². The Labute approximate surface area is 153 Å². The SMILES string of the molecule is CNC(=O)c1nnc(NC(=O)C2CC(F)(F)C2)cc1Nc1ncccc1C. The molecular weight excluding hydrogens is 358 g/mol. The first-order valence-corrected chi connectivity index (χ1v) is 8.26.